The predicted molar refractivity (Wildman–Crippen MR) is 97.4 cm³/mol. The van der Waals surface area contributed by atoms with Gasteiger partial charge in [0, 0.05) is 25.7 Å². The molecule has 2 fully saturated rings. The molecular formula is C20H30N2O3. The highest BCUT2D eigenvalue weighted by Crippen LogP contribution is 2.21. The molecule has 0 saturated carbocycles. The zero-order valence-corrected chi connectivity index (χ0v) is 15.4. The van der Waals surface area contributed by atoms with E-state index < -0.39 is 5.60 Å². The van der Waals surface area contributed by atoms with Gasteiger partial charge in [-0.1, -0.05) is 24.3 Å². The molecule has 2 aliphatic rings. The van der Waals surface area contributed by atoms with Gasteiger partial charge in [-0.3, -0.25) is 4.90 Å². The fourth-order valence-electron chi connectivity index (χ4n) is 3.65. The van der Waals surface area contributed by atoms with Crippen LogP contribution in [0.15, 0.2) is 24.3 Å². The minimum atomic E-state index is -0.606. The number of carbonyl (C=O) groups excluding carboxylic acids is 1. The monoisotopic (exact) mass is 346 g/mol. The van der Waals surface area contributed by atoms with E-state index >= 15 is 0 Å². The average molecular weight is 346 g/mol. The molecule has 1 amide bonds. The van der Waals surface area contributed by atoms with E-state index in [2.05, 4.69) is 29.2 Å². The highest BCUT2D eigenvalue weighted by Gasteiger charge is 2.32. The van der Waals surface area contributed by atoms with Crippen LogP contribution in [0.4, 0.5) is 4.79 Å². The second-order valence-corrected chi connectivity index (χ2v) is 7.94. The molecule has 138 valence electrons. The van der Waals surface area contributed by atoms with Crippen molar-refractivity contribution in [2.24, 2.45) is 0 Å². The van der Waals surface area contributed by atoms with E-state index in [1.54, 1.807) is 0 Å². The van der Waals surface area contributed by atoms with E-state index in [4.69, 9.17) is 4.74 Å². The molecule has 0 atom stereocenters. The van der Waals surface area contributed by atoms with Crippen molar-refractivity contribution in [2.45, 2.75) is 57.7 Å². The molecule has 2 heterocycles. The molecular weight excluding hydrogens is 316 g/mol. The molecule has 0 unspecified atom stereocenters. The Labute approximate surface area is 150 Å². The summed E-state index contributed by atoms with van der Waals surface area (Å²) in [6.07, 6.45) is 3.59. The van der Waals surface area contributed by atoms with Crippen LogP contribution in [0.5, 0.6) is 0 Å². The van der Waals surface area contributed by atoms with Crippen molar-refractivity contribution in [3.63, 3.8) is 0 Å². The molecule has 0 spiro atoms. The summed E-state index contributed by atoms with van der Waals surface area (Å²) in [5.41, 5.74) is 1.99. The Morgan fingerprint density at radius 3 is 2.32 bits per heavy atom. The molecule has 5 heteroatoms. The van der Waals surface area contributed by atoms with Crippen LogP contribution in [-0.2, 0) is 17.7 Å². The van der Waals surface area contributed by atoms with Crippen LogP contribution in [0.2, 0.25) is 0 Å². The summed E-state index contributed by atoms with van der Waals surface area (Å²) in [6, 6.07) is 9.09. The van der Waals surface area contributed by atoms with E-state index in [0.717, 1.165) is 51.9 Å². The quantitative estimate of drug-likeness (QED) is 0.861. The lowest BCUT2D eigenvalue weighted by molar-refractivity contribution is 0.0714. The van der Waals surface area contributed by atoms with Crippen LogP contribution in [-0.4, -0.2) is 58.9 Å². The lowest BCUT2D eigenvalue weighted by Gasteiger charge is -2.35. The number of hydrogen-bond donors (Lipinski definition) is 1. The maximum atomic E-state index is 11.7. The number of rotatable bonds is 6. The van der Waals surface area contributed by atoms with Crippen LogP contribution in [0.1, 0.15) is 44.2 Å². The summed E-state index contributed by atoms with van der Waals surface area (Å²) in [6.45, 7) is 8.00. The first-order chi connectivity index (χ1) is 11.9. The van der Waals surface area contributed by atoms with Crippen molar-refractivity contribution in [3.8, 4) is 0 Å². The topological polar surface area (TPSA) is 53.0 Å². The maximum absolute atomic E-state index is 11.7. The number of aryl methyl sites for hydroxylation is 1. The minimum absolute atomic E-state index is 0.139. The number of ether oxygens (including phenoxy) is 1. The number of hydrogen-bond acceptors (Lipinski definition) is 4. The van der Waals surface area contributed by atoms with Gasteiger partial charge in [-0.2, -0.15) is 0 Å². The summed E-state index contributed by atoms with van der Waals surface area (Å²) < 4.78 is 5.05. The van der Waals surface area contributed by atoms with Gasteiger partial charge in [0.05, 0.1) is 12.1 Å². The molecule has 1 aromatic carbocycles. The third kappa shape index (κ3) is 5.19. The lowest BCUT2D eigenvalue weighted by atomic mass is 9.98. The van der Waals surface area contributed by atoms with E-state index in [-0.39, 0.29) is 6.09 Å². The molecule has 2 saturated heterocycles. The summed E-state index contributed by atoms with van der Waals surface area (Å²) in [5, 5.41) is 9.83. The van der Waals surface area contributed by atoms with Gasteiger partial charge in [-0.15, -0.1) is 0 Å². The normalized spacial score (nSPS) is 20.1. The van der Waals surface area contributed by atoms with Gasteiger partial charge in [0.1, 0.15) is 6.61 Å². The number of benzene rings is 1. The van der Waals surface area contributed by atoms with Gasteiger partial charge in [-0.25, -0.2) is 4.79 Å². The van der Waals surface area contributed by atoms with Crippen LogP contribution < -0.4 is 0 Å². The summed E-state index contributed by atoms with van der Waals surface area (Å²) in [4.78, 5) is 16.0. The van der Waals surface area contributed by atoms with Crippen molar-refractivity contribution >= 4 is 6.09 Å². The van der Waals surface area contributed by atoms with Gasteiger partial charge in [0.2, 0.25) is 0 Å². The minimum Gasteiger partial charge on any atom is -0.448 e. The molecule has 2 aliphatic heterocycles. The second-order valence-electron chi connectivity index (χ2n) is 7.94. The smallest absolute Gasteiger partial charge is 0.410 e. The molecule has 25 heavy (non-hydrogen) atoms. The number of likely N-dealkylation sites (tertiary alicyclic amines) is 1. The Morgan fingerprint density at radius 1 is 1.12 bits per heavy atom. The largest absolute Gasteiger partial charge is 0.448 e. The van der Waals surface area contributed by atoms with Crippen molar-refractivity contribution in [1.29, 1.82) is 0 Å². The van der Waals surface area contributed by atoms with Crippen molar-refractivity contribution < 1.29 is 14.6 Å². The first kappa shape index (κ1) is 18.2. The summed E-state index contributed by atoms with van der Waals surface area (Å²) in [5.74, 6) is 0. The number of aliphatic hydroxyl groups is 1. The molecule has 1 N–H and O–H groups in total. The second kappa shape index (κ2) is 7.75. The zero-order chi connectivity index (χ0) is 17.9. The van der Waals surface area contributed by atoms with Crippen LogP contribution in [0.3, 0.4) is 0 Å². The Bertz CT molecular complexity index is 572. The summed E-state index contributed by atoms with van der Waals surface area (Å²) >= 11 is 0. The predicted octanol–water partition coefficient (Wildman–Crippen LogP) is 2.81. The van der Waals surface area contributed by atoms with E-state index in [1.165, 1.54) is 11.1 Å². The maximum Gasteiger partial charge on any atom is 0.410 e. The molecule has 1 aromatic rings. The highest BCUT2D eigenvalue weighted by atomic mass is 16.6. The molecule has 0 radical (unpaired) electrons. The van der Waals surface area contributed by atoms with Crippen molar-refractivity contribution in [1.82, 2.24) is 9.80 Å². The Morgan fingerprint density at radius 2 is 1.76 bits per heavy atom. The summed E-state index contributed by atoms with van der Waals surface area (Å²) in [7, 11) is 0. The molecule has 0 aromatic heterocycles. The molecule has 0 aliphatic carbocycles. The first-order valence-electron chi connectivity index (χ1n) is 9.37. The third-order valence-corrected chi connectivity index (χ3v) is 5.24. The van der Waals surface area contributed by atoms with Crippen LogP contribution in [0, 0.1) is 0 Å². The van der Waals surface area contributed by atoms with Gasteiger partial charge in [0.15, 0.2) is 0 Å². The average Bonchev–Trinajstić information content (AvgIpc) is 3.00. The number of carbonyl (C=O) groups is 1. The van der Waals surface area contributed by atoms with Gasteiger partial charge in [-0.05, 0) is 50.7 Å². The molecule has 5 nitrogen and oxygen atoms in total. The Hall–Kier alpha value is -1.59. The zero-order valence-electron chi connectivity index (χ0n) is 15.4. The lowest BCUT2D eigenvalue weighted by Crippen LogP contribution is -2.45. The Balaban J connectivity index is 1.45. The van der Waals surface area contributed by atoms with Gasteiger partial charge >= 0.3 is 6.09 Å². The molecule has 3 rings (SSSR count). The highest BCUT2D eigenvalue weighted by molar-refractivity contribution is 5.69. The van der Waals surface area contributed by atoms with E-state index in [9.17, 15) is 9.90 Å². The third-order valence-electron chi connectivity index (χ3n) is 5.24. The standard InChI is InChI=1S/C20H30N2O3/c1-20(2,24)10-7-16-3-5-17(6-4-16)15-21-11-8-18(9-12-21)22-13-14-25-19(22)23/h3-6,18,24H,7-15H2,1-2H3. The molecule has 0 bridgehead atoms. The van der Waals surface area contributed by atoms with Crippen molar-refractivity contribution in [2.75, 3.05) is 26.2 Å². The van der Waals surface area contributed by atoms with Gasteiger partial charge in [0.25, 0.3) is 0 Å². The van der Waals surface area contributed by atoms with Crippen molar-refractivity contribution in [3.05, 3.63) is 35.4 Å². The number of amides is 1. The van der Waals surface area contributed by atoms with E-state index in [0.29, 0.717) is 12.6 Å². The van der Waals surface area contributed by atoms with Crippen LogP contribution in [0.25, 0.3) is 0 Å². The van der Waals surface area contributed by atoms with Gasteiger partial charge < -0.3 is 14.7 Å². The number of nitrogens with zero attached hydrogens (tertiary/aromatic N) is 2. The first-order valence-corrected chi connectivity index (χ1v) is 9.37. The Kier molecular flexibility index (Phi) is 5.64. The number of cyclic esters (lactones) is 1. The fraction of sp³-hybridized carbons (Fsp3) is 0.650. The fourth-order valence-corrected chi connectivity index (χ4v) is 3.65. The van der Waals surface area contributed by atoms with Crippen LogP contribution >= 0.6 is 0 Å². The SMILES string of the molecule is CC(C)(O)CCc1ccc(CN2CCC(N3CCOC3=O)CC2)cc1. The number of piperidine rings is 1. The van der Waals surface area contributed by atoms with E-state index in [1.807, 2.05) is 18.7 Å².